The van der Waals surface area contributed by atoms with Crippen LogP contribution in [0.5, 0.6) is 0 Å². The van der Waals surface area contributed by atoms with Gasteiger partial charge in [-0.2, -0.15) is 5.26 Å². The van der Waals surface area contributed by atoms with Gasteiger partial charge in [-0.25, -0.2) is 0 Å². The predicted octanol–water partition coefficient (Wildman–Crippen LogP) is 3.69. The van der Waals surface area contributed by atoms with E-state index in [0.29, 0.717) is 11.3 Å². The van der Waals surface area contributed by atoms with E-state index in [9.17, 15) is 4.79 Å². The van der Waals surface area contributed by atoms with Crippen molar-refractivity contribution in [2.24, 2.45) is 0 Å². The van der Waals surface area contributed by atoms with E-state index in [2.05, 4.69) is 11.4 Å². The summed E-state index contributed by atoms with van der Waals surface area (Å²) >= 11 is 0. The highest BCUT2D eigenvalue weighted by Crippen LogP contribution is 2.21. The topological polar surface area (TPSA) is 52.9 Å². The van der Waals surface area contributed by atoms with Gasteiger partial charge in [0.15, 0.2) is 0 Å². The van der Waals surface area contributed by atoms with Crippen molar-refractivity contribution in [3.05, 3.63) is 65.7 Å². The molecule has 3 nitrogen and oxygen atoms in total. The van der Waals surface area contributed by atoms with Crippen LogP contribution in [0.15, 0.2) is 54.6 Å². The number of carbonyl (C=O) groups is 1. The van der Waals surface area contributed by atoms with Gasteiger partial charge in [-0.3, -0.25) is 4.79 Å². The maximum atomic E-state index is 12.3. The van der Waals surface area contributed by atoms with Crippen LogP contribution in [0.4, 0.5) is 5.69 Å². The van der Waals surface area contributed by atoms with Gasteiger partial charge in [0.2, 0.25) is 5.91 Å². The fraction of sp³-hybridized carbons (Fsp3) is 0.176. The smallest absolute Gasteiger partial charge is 0.231 e. The molecule has 0 aliphatic carbocycles. The molecular weight excluding hydrogens is 248 g/mol. The average Bonchev–Trinajstić information content (AvgIpc) is 2.50. The van der Waals surface area contributed by atoms with E-state index in [4.69, 9.17) is 5.26 Å². The van der Waals surface area contributed by atoms with Crippen LogP contribution in [0.1, 0.15) is 30.4 Å². The van der Waals surface area contributed by atoms with Gasteiger partial charge >= 0.3 is 0 Å². The molecule has 0 aromatic heterocycles. The van der Waals surface area contributed by atoms with Gasteiger partial charge in [0, 0.05) is 5.69 Å². The van der Waals surface area contributed by atoms with Crippen LogP contribution in [0, 0.1) is 11.3 Å². The Kier molecular flexibility index (Phi) is 4.52. The van der Waals surface area contributed by atoms with Crippen LogP contribution in [0.25, 0.3) is 0 Å². The number of nitrogens with one attached hydrogen (secondary N) is 1. The van der Waals surface area contributed by atoms with Crippen LogP contribution in [0.3, 0.4) is 0 Å². The molecule has 0 unspecified atom stereocenters. The minimum absolute atomic E-state index is 0.0246. The number of amides is 1. The minimum atomic E-state index is -0.160. The average molecular weight is 264 g/mol. The van der Waals surface area contributed by atoms with E-state index in [1.54, 1.807) is 24.3 Å². The first-order chi connectivity index (χ1) is 9.74. The first-order valence-electron chi connectivity index (χ1n) is 6.60. The van der Waals surface area contributed by atoms with Gasteiger partial charge in [-0.05, 0) is 36.2 Å². The number of hydrogen-bond donors (Lipinski definition) is 1. The normalized spacial score (nSPS) is 11.4. The van der Waals surface area contributed by atoms with Gasteiger partial charge in [-0.15, -0.1) is 0 Å². The standard InChI is InChI=1S/C17H16N2O/c1-2-16(14-6-4-3-5-7-14)17(20)19-15-10-8-13(12-18)9-11-15/h3-11,16H,2H2,1H3,(H,19,20)/t16-/m0/s1. The Morgan fingerprint density at radius 1 is 1.15 bits per heavy atom. The van der Waals surface area contributed by atoms with Gasteiger partial charge in [0.25, 0.3) is 0 Å². The lowest BCUT2D eigenvalue weighted by molar-refractivity contribution is -0.117. The third-order valence-electron chi connectivity index (χ3n) is 3.21. The highest BCUT2D eigenvalue weighted by molar-refractivity contribution is 5.95. The van der Waals surface area contributed by atoms with E-state index in [1.165, 1.54) is 0 Å². The molecule has 1 amide bonds. The van der Waals surface area contributed by atoms with E-state index in [0.717, 1.165) is 12.0 Å². The molecule has 0 bridgehead atoms. The van der Waals surface area contributed by atoms with Crippen LogP contribution in [0.2, 0.25) is 0 Å². The molecule has 1 N–H and O–H groups in total. The second kappa shape index (κ2) is 6.53. The zero-order chi connectivity index (χ0) is 14.4. The minimum Gasteiger partial charge on any atom is -0.326 e. The van der Waals surface area contributed by atoms with Crippen LogP contribution in [-0.4, -0.2) is 5.91 Å². The summed E-state index contributed by atoms with van der Waals surface area (Å²) in [6, 6.07) is 18.7. The molecule has 2 aromatic carbocycles. The number of nitrogens with zero attached hydrogens (tertiary/aromatic N) is 1. The lowest BCUT2D eigenvalue weighted by Crippen LogP contribution is -2.20. The molecule has 0 spiro atoms. The Bertz CT molecular complexity index is 612. The van der Waals surface area contributed by atoms with Crippen molar-refractivity contribution in [3.63, 3.8) is 0 Å². The van der Waals surface area contributed by atoms with Gasteiger partial charge in [0.05, 0.1) is 17.6 Å². The molecule has 0 aliphatic rings. The Hall–Kier alpha value is -2.60. The van der Waals surface area contributed by atoms with Crippen molar-refractivity contribution in [1.29, 1.82) is 5.26 Å². The van der Waals surface area contributed by atoms with E-state index >= 15 is 0 Å². The Morgan fingerprint density at radius 2 is 1.80 bits per heavy atom. The summed E-state index contributed by atoms with van der Waals surface area (Å²) in [5.41, 5.74) is 2.31. The number of rotatable bonds is 4. The van der Waals surface area contributed by atoms with Crippen LogP contribution >= 0.6 is 0 Å². The molecule has 0 saturated heterocycles. The van der Waals surface area contributed by atoms with E-state index in [-0.39, 0.29) is 11.8 Å². The molecule has 2 aromatic rings. The fourth-order valence-corrected chi connectivity index (χ4v) is 2.12. The van der Waals surface area contributed by atoms with E-state index in [1.807, 2.05) is 37.3 Å². The highest BCUT2D eigenvalue weighted by Gasteiger charge is 2.18. The number of carbonyl (C=O) groups excluding carboxylic acids is 1. The third-order valence-corrected chi connectivity index (χ3v) is 3.21. The zero-order valence-electron chi connectivity index (χ0n) is 11.3. The van der Waals surface area contributed by atoms with Crippen molar-refractivity contribution in [2.45, 2.75) is 19.3 Å². The number of anilines is 1. The first-order valence-corrected chi connectivity index (χ1v) is 6.60. The number of nitriles is 1. The molecule has 0 aliphatic heterocycles. The summed E-state index contributed by atoms with van der Waals surface area (Å²) in [6.07, 6.45) is 0.742. The molecule has 0 fully saturated rings. The second-order valence-electron chi connectivity index (χ2n) is 4.55. The summed E-state index contributed by atoms with van der Waals surface area (Å²) in [7, 11) is 0. The zero-order valence-corrected chi connectivity index (χ0v) is 11.3. The monoisotopic (exact) mass is 264 g/mol. The Morgan fingerprint density at radius 3 is 2.35 bits per heavy atom. The quantitative estimate of drug-likeness (QED) is 0.915. The fourth-order valence-electron chi connectivity index (χ4n) is 2.12. The molecule has 0 saturated carbocycles. The van der Waals surface area contributed by atoms with Gasteiger partial charge in [-0.1, -0.05) is 37.3 Å². The molecule has 3 heteroatoms. The molecule has 0 heterocycles. The molecule has 1 atom stereocenters. The van der Waals surface area contributed by atoms with Crippen molar-refractivity contribution >= 4 is 11.6 Å². The molecule has 20 heavy (non-hydrogen) atoms. The maximum absolute atomic E-state index is 12.3. The van der Waals surface area contributed by atoms with Gasteiger partial charge in [0.1, 0.15) is 0 Å². The summed E-state index contributed by atoms with van der Waals surface area (Å²) in [5.74, 6) is -0.185. The number of hydrogen-bond acceptors (Lipinski definition) is 2. The summed E-state index contributed by atoms with van der Waals surface area (Å²) in [6.45, 7) is 2.00. The predicted molar refractivity (Wildman–Crippen MR) is 79.3 cm³/mol. The summed E-state index contributed by atoms with van der Waals surface area (Å²) < 4.78 is 0. The molecule has 0 radical (unpaired) electrons. The lowest BCUT2D eigenvalue weighted by atomic mass is 9.95. The SMILES string of the molecule is CC[C@H](C(=O)Nc1ccc(C#N)cc1)c1ccccc1. The first kappa shape index (κ1) is 13.8. The third kappa shape index (κ3) is 3.24. The van der Waals surface area contributed by atoms with Gasteiger partial charge < -0.3 is 5.32 Å². The Labute approximate surface area is 118 Å². The Balaban J connectivity index is 2.11. The number of benzene rings is 2. The van der Waals surface area contributed by atoms with Crippen molar-refractivity contribution in [1.82, 2.24) is 0 Å². The van der Waals surface area contributed by atoms with Crippen LogP contribution in [-0.2, 0) is 4.79 Å². The van der Waals surface area contributed by atoms with Crippen molar-refractivity contribution in [3.8, 4) is 6.07 Å². The molecule has 100 valence electrons. The second-order valence-corrected chi connectivity index (χ2v) is 4.55. The van der Waals surface area contributed by atoms with Crippen molar-refractivity contribution in [2.75, 3.05) is 5.32 Å². The highest BCUT2D eigenvalue weighted by atomic mass is 16.1. The molecule has 2 rings (SSSR count). The maximum Gasteiger partial charge on any atom is 0.231 e. The summed E-state index contributed by atoms with van der Waals surface area (Å²) in [5, 5.41) is 11.6. The molecular formula is C17H16N2O. The van der Waals surface area contributed by atoms with E-state index < -0.39 is 0 Å². The summed E-state index contributed by atoms with van der Waals surface area (Å²) in [4.78, 5) is 12.3. The largest absolute Gasteiger partial charge is 0.326 e. The lowest BCUT2D eigenvalue weighted by Gasteiger charge is -2.15. The van der Waals surface area contributed by atoms with Crippen molar-refractivity contribution < 1.29 is 4.79 Å². The van der Waals surface area contributed by atoms with Crippen LogP contribution < -0.4 is 5.32 Å².